The molecule has 0 aliphatic carbocycles. The summed E-state index contributed by atoms with van der Waals surface area (Å²) in [5, 5.41) is 3.34. The molecule has 0 spiro atoms. The van der Waals surface area contributed by atoms with Gasteiger partial charge in [-0.05, 0) is 13.3 Å². The minimum absolute atomic E-state index is 0.265. The zero-order valence-corrected chi connectivity index (χ0v) is 11.1. The molecule has 1 N–H and O–H groups in total. The third-order valence-corrected chi connectivity index (χ3v) is 2.08. The normalized spacial score (nSPS) is 13.3. The summed E-state index contributed by atoms with van der Waals surface area (Å²) in [4.78, 5) is 0. The maximum Gasteiger partial charge on any atom is 0.0700 e. The van der Waals surface area contributed by atoms with Crippen molar-refractivity contribution in [3.8, 4) is 0 Å². The molecule has 0 bridgehead atoms. The summed E-state index contributed by atoms with van der Waals surface area (Å²) >= 11 is 0. The summed E-state index contributed by atoms with van der Waals surface area (Å²) in [7, 11) is 1.68. The Morgan fingerprint density at radius 3 is 2.38 bits per heavy atom. The van der Waals surface area contributed by atoms with E-state index >= 15 is 0 Å². The van der Waals surface area contributed by atoms with Gasteiger partial charge in [-0.15, -0.1) is 0 Å². The minimum Gasteiger partial charge on any atom is -0.382 e. The third-order valence-electron chi connectivity index (χ3n) is 2.08. The summed E-state index contributed by atoms with van der Waals surface area (Å²) < 4.78 is 15.8. The van der Waals surface area contributed by atoms with Crippen LogP contribution in [0.2, 0.25) is 0 Å². The fourth-order valence-corrected chi connectivity index (χ4v) is 1.15. The molecule has 4 heteroatoms. The topological polar surface area (TPSA) is 39.7 Å². The Hall–Kier alpha value is -0.160. The number of hydrogen-bond acceptors (Lipinski definition) is 4. The number of ether oxygens (including phenoxy) is 3. The van der Waals surface area contributed by atoms with Gasteiger partial charge < -0.3 is 19.5 Å². The molecule has 0 fully saturated rings. The van der Waals surface area contributed by atoms with Crippen LogP contribution >= 0.6 is 0 Å². The third kappa shape index (κ3) is 11.9. The molecule has 16 heavy (non-hydrogen) atoms. The van der Waals surface area contributed by atoms with Crippen LogP contribution in [-0.4, -0.2) is 52.2 Å². The van der Waals surface area contributed by atoms with Crippen LogP contribution in [0.5, 0.6) is 0 Å². The molecule has 0 amide bonds. The fourth-order valence-electron chi connectivity index (χ4n) is 1.15. The Labute approximate surface area is 99.6 Å². The van der Waals surface area contributed by atoms with Gasteiger partial charge in [0.15, 0.2) is 0 Å². The molecule has 0 saturated carbocycles. The SMILES string of the molecule is COCCOCCCOC(C)CNC(C)C. The van der Waals surface area contributed by atoms with Crippen molar-refractivity contribution in [2.75, 3.05) is 40.1 Å². The lowest BCUT2D eigenvalue weighted by Crippen LogP contribution is -2.32. The maximum atomic E-state index is 5.63. The molecule has 0 aliphatic heterocycles. The smallest absolute Gasteiger partial charge is 0.0700 e. The van der Waals surface area contributed by atoms with E-state index in [1.807, 2.05) is 0 Å². The fraction of sp³-hybridized carbons (Fsp3) is 1.00. The van der Waals surface area contributed by atoms with E-state index in [1.54, 1.807) is 7.11 Å². The number of nitrogens with one attached hydrogen (secondary N) is 1. The van der Waals surface area contributed by atoms with Crippen LogP contribution in [0.15, 0.2) is 0 Å². The van der Waals surface area contributed by atoms with Gasteiger partial charge in [0.05, 0.1) is 19.3 Å². The van der Waals surface area contributed by atoms with Gasteiger partial charge in [0.1, 0.15) is 0 Å². The first kappa shape index (κ1) is 15.8. The van der Waals surface area contributed by atoms with Gasteiger partial charge in [-0.25, -0.2) is 0 Å². The Kier molecular flexibility index (Phi) is 11.2. The Morgan fingerprint density at radius 2 is 1.75 bits per heavy atom. The number of rotatable bonds is 11. The van der Waals surface area contributed by atoms with E-state index in [2.05, 4.69) is 26.1 Å². The van der Waals surface area contributed by atoms with Crippen molar-refractivity contribution < 1.29 is 14.2 Å². The minimum atomic E-state index is 0.265. The van der Waals surface area contributed by atoms with Crippen molar-refractivity contribution in [2.24, 2.45) is 0 Å². The molecular weight excluding hydrogens is 206 g/mol. The lowest BCUT2D eigenvalue weighted by Gasteiger charge is -2.15. The summed E-state index contributed by atoms with van der Waals surface area (Å²) in [6.07, 6.45) is 1.21. The van der Waals surface area contributed by atoms with Crippen LogP contribution in [0.3, 0.4) is 0 Å². The van der Waals surface area contributed by atoms with E-state index in [9.17, 15) is 0 Å². The molecule has 0 aliphatic rings. The molecule has 0 aromatic heterocycles. The molecule has 0 saturated heterocycles. The monoisotopic (exact) mass is 233 g/mol. The van der Waals surface area contributed by atoms with Crippen molar-refractivity contribution in [1.29, 1.82) is 0 Å². The lowest BCUT2D eigenvalue weighted by atomic mass is 10.3. The Bertz CT molecular complexity index is 142. The van der Waals surface area contributed by atoms with Gasteiger partial charge in [0, 0.05) is 32.9 Å². The summed E-state index contributed by atoms with van der Waals surface area (Å²) in [6, 6.07) is 0.517. The molecule has 0 heterocycles. The highest BCUT2D eigenvalue weighted by Crippen LogP contribution is 1.93. The molecule has 0 rings (SSSR count). The molecule has 4 nitrogen and oxygen atoms in total. The molecule has 1 atom stereocenters. The maximum absolute atomic E-state index is 5.63. The first-order chi connectivity index (χ1) is 7.66. The van der Waals surface area contributed by atoms with Gasteiger partial charge in [0.25, 0.3) is 0 Å². The van der Waals surface area contributed by atoms with Gasteiger partial charge in [-0.3, -0.25) is 0 Å². The highest BCUT2D eigenvalue weighted by molar-refractivity contribution is 4.58. The van der Waals surface area contributed by atoms with E-state index in [-0.39, 0.29) is 6.10 Å². The van der Waals surface area contributed by atoms with Crippen LogP contribution in [-0.2, 0) is 14.2 Å². The second-order valence-electron chi connectivity index (χ2n) is 4.20. The quantitative estimate of drug-likeness (QED) is 0.548. The zero-order chi connectivity index (χ0) is 12.2. The average Bonchev–Trinajstić information content (AvgIpc) is 2.25. The lowest BCUT2D eigenvalue weighted by molar-refractivity contribution is 0.0298. The predicted octanol–water partition coefficient (Wildman–Crippen LogP) is 1.44. The molecular formula is C12H27NO3. The van der Waals surface area contributed by atoms with Gasteiger partial charge in [-0.2, -0.15) is 0 Å². The van der Waals surface area contributed by atoms with Crippen LogP contribution in [0, 0.1) is 0 Å². The van der Waals surface area contributed by atoms with E-state index in [4.69, 9.17) is 14.2 Å². The van der Waals surface area contributed by atoms with E-state index in [0.717, 1.165) is 26.2 Å². The van der Waals surface area contributed by atoms with E-state index < -0.39 is 0 Å². The zero-order valence-electron chi connectivity index (χ0n) is 11.1. The second-order valence-corrected chi connectivity index (χ2v) is 4.20. The molecule has 1 unspecified atom stereocenters. The van der Waals surface area contributed by atoms with Crippen molar-refractivity contribution in [3.63, 3.8) is 0 Å². The second kappa shape index (κ2) is 11.3. The van der Waals surface area contributed by atoms with Crippen LogP contribution < -0.4 is 5.32 Å². The highest BCUT2D eigenvalue weighted by Gasteiger charge is 2.02. The molecule has 98 valence electrons. The van der Waals surface area contributed by atoms with Crippen LogP contribution in [0.1, 0.15) is 27.2 Å². The molecule has 0 aromatic rings. The summed E-state index contributed by atoms with van der Waals surface area (Å²) in [5.41, 5.74) is 0. The van der Waals surface area contributed by atoms with E-state index in [1.165, 1.54) is 0 Å². The number of methoxy groups -OCH3 is 1. The first-order valence-corrected chi connectivity index (χ1v) is 6.08. The first-order valence-electron chi connectivity index (χ1n) is 6.08. The average molecular weight is 233 g/mol. The predicted molar refractivity (Wildman–Crippen MR) is 65.9 cm³/mol. The summed E-state index contributed by atoms with van der Waals surface area (Å²) in [6.45, 7) is 10.1. The van der Waals surface area contributed by atoms with Crippen molar-refractivity contribution in [3.05, 3.63) is 0 Å². The largest absolute Gasteiger partial charge is 0.382 e. The van der Waals surface area contributed by atoms with Crippen molar-refractivity contribution in [2.45, 2.75) is 39.3 Å². The highest BCUT2D eigenvalue weighted by atomic mass is 16.5. The number of hydrogen-bond donors (Lipinski definition) is 1. The summed E-state index contributed by atoms with van der Waals surface area (Å²) in [5.74, 6) is 0. The standard InChI is InChI=1S/C12H27NO3/c1-11(2)13-10-12(3)16-7-5-6-15-9-8-14-4/h11-13H,5-10H2,1-4H3. The van der Waals surface area contributed by atoms with Crippen molar-refractivity contribution in [1.82, 2.24) is 5.32 Å². The van der Waals surface area contributed by atoms with Gasteiger partial charge >= 0.3 is 0 Å². The van der Waals surface area contributed by atoms with Gasteiger partial charge in [-0.1, -0.05) is 13.8 Å². The molecule has 0 radical (unpaired) electrons. The Balaban J connectivity index is 3.12. The van der Waals surface area contributed by atoms with Gasteiger partial charge in [0.2, 0.25) is 0 Å². The van der Waals surface area contributed by atoms with Crippen LogP contribution in [0.4, 0.5) is 0 Å². The Morgan fingerprint density at radius 1 is 1.00 bits per heavy atom. The van der Waals surface area contributed by atoms with E-state index in [0.29, 0.717) is 19.3 Å². The van der Waals surface area contributed by atoms with Crippen molar-refractivity contribution >= 4 is 0 Å². The van der Waals surface area contributed by atoms with Crippen LogP contribution in [0.25, 0.3) is 0 Å². The molecule has 0 aromatic carbocycles.